The molecule has 9 heteroatoms. The maximum Gasteiger partial charge on any atom is 0.339 e. The smallest absolute Gasteiger partial charge is 0.339 e. The fourth-order valence-corrected chi connectivity index (χ4v) is 7.96. The van der Waals surface area contributed by atoms with Crippen molar-refractivity contribution in [1.29, 1.82) is 0 Å². The van der Waals surface area contributed by atoms with E-state index in [0.29, 0.717) is 19.1 Å². The Bertz CT molecular complexity index is 887. The van der Waals surface area contributed by atoms with Gasteiger partial charge >= 0.3 is 17.9 Å². The Balaban J connectivity index is 1.75. The Labute approximate surface area is 192 Å². The normalized spacial score (nSPS) is 49.9. The molecule has 1 saturated carbocycles. The van der Waals surface area contributed by atoms with Gasteiger partial charge in [-0.1, -0.05) is 33.6 Å². The molecule has 9 nitrogen and oxygen atoms in total. The van der Waals surface area contributed by atoms with Crippen molar-refractivity contribution in [1.82, 2.24) is 0 Å². The number of fused-ring (bicyclic) bond motifs is 1. The van der Waals surface area contributed by atoms with Gasteiger partial charge in [-0.15, -0.1) is 0 Å². The van der Waals surface area contributed by atoms with E-state index in [-0.39, 0.29) is 18.5 Å². The zero-order valence-electron chi connectivity index (χ0n) is 19.5. The van der Waals surface area contributed by atoms with Crippen molar-refractivity contribution in [2.24, 2.45) is 28.6 Å². The predicted molar refractivity (Wildman–Crippen MR) is 110 cm³/mol. The molecule has 10 atom stereocenters. The minimum absolute atomic E-state index is 0.134. The molecule has 5 fully saturated rings. The second kappa shape index (κ2) is 7.50. The second-order valence-corrected chi connectivity index (χ2v) is 10.6. The monoisotopic (exact) mass is 464 g/mol. The van der Waals surface area contributed by atoms with E-state index in [1.807, 2.05) is 13.8 Å². The molecule has 4 heterocycles. The molecule has 0 aromatic rings. The van der Waals surface area contributed by atoms with Gasteiger partial charge in [0, 0.05) is 11.3 Å². The molecule has 0 aromatic carbocycles. The summed E-state index contributed by atoms with van der Waals surface area (Å²) >= 11 is 0. The van der Waals surface area contributed by atoms with Crippen molar-refractivity contribution in [2.45, 2.75) is 90.0 Å². The Morgan fingerprint density at radius 1 is 1.12 bits per heavy atom. The van der Waals surface area contributed by atoms with E-state index in [4.69, 9.17) is 23.7 Å². The first-order valence-electron chi connectivity index (χ1n) is 12.0. The van der Waals surface area contributed by atoms with Crippen LogP contribution in [0.25, 0.3) is 0 Å². The highest BCUT2D eigenvalue weighted by molar-refractivity contribution is 5.89. The van der Waals surface area contributed by atoms with Crippen molar-refractivity contribution in [2.75, 3.05) is 6.61 Å². The number of rotatable bonds is 6. The van der Waals surface area contributed by atoms with Gasteiger partial charge in [0.1, 0.15) is 19.0 Å². The van der Waals surface area contributed by atoms with Crippen LogP contribution in [0.2, 0.25) is 0 Å². The van der Waals surface area contributed by atoms with Crippen molar-refractivity contribution < 1.29 is 42.9 Å². The van der Waals surface area contributed by atoms with E-state index in [0.717, 1.165) is 19.3 Å². The zero-order chi connectivity index (χ0) is 23.8. The molecule has 0 amide bonds. The molecule has 2 bridgehead atoms. The number of aldehydes is 1. The second-order valence-electron chi connectivity index (χ2n) is 10.6. The van der Waals surface area contributed by atoms with E-state index in [9.17, 15) is 19.2 Å². The molecule has 0 radical (unpaired) electrons. The molecule has 182 valence electrons. The molecular formula is C24H32O9. The highest BCUT2D eigenvalue weighted by Crippen LogP contribution is 2.76. The highest BCUT2D eigenvalue weighted by Gasteiger charge is 2.89. The number of cyclic esters (lactones) is 1. The number of carbonyl (C=O) groups excluding carboxylic acids is 4. The summed E-state index contributed by atoms with van der Waals surface area (Å²) in [5, 5.41) is 0. The van der Waals surface area contributed by atoms with Gasteiger partial charge < -0.3 is 28.5 Å². The fraction of sp³-hybridized carbons (Fsp3) is 0.833. The maximum atomic E-state index is 13.8. The molecular weight excluding hydrogens is 432 g/mol. The molecule has 9 unspecified atom stereocenters. The Morgan fingerprint density at radius 3 is 2.58 bits per heavy atom. The third-order valence-electron chi connectivity index (χ3n) is 9.13. The maximum absolute atomic E-state index is 13.8. The Morgan fingerprint density at radius 2 is 1.88 bits per heavy atom. The van der Waals surface area contributed by atoms with Crippen LogP contribution in [0.5, 0.6) is 0 Å². The van der Waals surface area contributed by atoms with Gasteiger partial charge in [-0.3, -0.25) is 4.79 Å². The summed E-state index contributed by atoms with van der Waals surface area (Å²) in [6.45, 7) is 7.34. The van der Waals surface area contributed by atoms with Crippen LogP contribution in [0, 0.1) is 28.6 Å². The summed E-state index contributed by atoms with van der Waals surface area (Å²) in [4.78, 5) is 50.7. The van der Waals surface area contributed by atoms with E-state index in [2.05, 4.69) is 6.92 Å². The van der Waals surface area contributed by atoms with Crippen LogP contribution in [0.15, 0.2) is 0 Å². The van der Waals surface area contributed by atoms with Crippen LogP contribution in [0.1, 0.15) is 59.8 Å². The summed E-state index contributed by atoms with van der Waals surface area (Å²) < 4.78 is 29.9. The van der Waals surface area contributed by atoms with Crippen LogP contribution in [0.3, 0.4) is 0 Å². The summed E-state index contributed by atoms with van der Waals surface area (Å²) in [5.74, 6) is -2.76. The first kappa shape index (κ1) is 22.8. The topological polar surface area (TPSA) is 114 Å². The lowest BCUT2D eigenvalue weighted by atomic mass is 9.49. The molecule has 33 heavy (non-hydrogen) atoms. The van der Waals surface area contributed by atoms with Gasteiger partial charge in [0.2, 0.25) is 6.29 Å². The molecule has 1 aliphatic carbocycles. The third-order valence-corrected chi connectivity index (χ3v) is 9.13. The molecule has 4 aliphatic heterocycles. The van der Waals surface area contributed by atoms with Crippen LogP contribution in [-0.4, -0.2) is 61.0 Å². The van der Waals surface area contributed by atoms with Gasteiger partial charge in [-0.25, -0.2) is 9.59 Å². The number of unbranched alkanes of at least 4 members (excludes halogenated alkanes) is 1. The van der Waals surface area contributed by atoms with Crippen LogP contribution < -0.4 is 0 Å². The first-order chi connectivity index (χ1) is 15.7. The summed E-state index contributed by atoms with van der Waals surface area (Å²) in [5.41, 5.74) is -3.51. The third kappa shape index (κ3) is 2.55. The lowest BCUT2D eigenvalue weighted by molar-refractivity contribution is -0.216. The lowest BCUT2D eigenvalue weighted by Crippen LogP contribution is -2.64. The summed E-state index contributed by atoms with van der Waals surface area (Å²) in [6, 6.07) is 0. The SMILES string of the molecule is CCCC[C@@H]1CC(C)OC(=O)C23OC4OC(=O)C(OCC=O)C41C2(C)CC1OC(=O)C(C)C13. The standard InChI is InChI=1S/C24H32O9/c1-5-6-7-14-10-12(2)30-20(28)24-16-13(3)18(26)31-15(16)11-22(24,4)23(14)17(29-9-8-25)19(27)32-21(23)33-24/h8,12-17,21H,5-7,9-11H2,1-4H3/t12?,13?,14-,15?,16?,17?,21?,22?,23?,24?/m1/s1. The number of esters is 3. The Kier molecular flexibility index (Phi) is 5.18. The zero-order valence-corrected chi connectivity index (χ0v) is 19.5. The lowest BCUT2D eigenvalue weighted by Gasteiger charge is -2.52. The largest absolute Gasteiger partial charge is 0.462 e. The molecule has 5 aliphatic rings. The minimum Gasteiger partial charge on any atom is -0.462 e. The summed E-state index contributed by atoms with van der Waals surface area (Å²) in [7, 11) is 0. The summed E-state index contributed by atoms with van der Waals surface area (Å²) in [6.07, 6.45) is 0.995. The van der Waals surface area contributed by atoms with Gasteiger partial charge in [0.25, 0.3) is 0 Å². The van der Waals surface area contributed by atoms with Crippen molar-refractivity contribution in [3.05, 3.63) is 0 Å². The number of hydrogen-bond acceptors (Lipinski definition) is 9. The number of ether oxygens (including phenoxy) is 5. The van der Waals surface area contributed by atoms with Gasteiger partial charge in [-0.2, -0.15) is 0 Å². The quantitative estimate of drug-likeness (QED) is 0.330. The van der Waals surface area contributed by atoms with Crippen molar-refractivity contribution >= 4 is 24.2 Å². The van der Waals surface area contributed by atoms with Crippen molar-refractivity contribution in [3.63, 3.8) is 0 Å². The van der Waals surface area contributed by atoms with Gasteiger partial charge in [-0.05, 0) is 32.1 Å². The van der Waals surface area contributed by atoms with Crippen molar-refractivity contribution in [3.8, 4) is 0 Å². The molecule has 1 spiro atoms. The molecule has 0 aromatic heterocycles. The highest BCUT2D eigenvalue weighted by atomic mass is 16.7. The molecule has 4 saturated heterocycles. The molecule has 0 N–H and O–H groups in total. The number of carbonyl (C=O) groups is 4. The van der Waals surface area contributed by atoms with Crippen LogP contribution in [0.4, 0.5) is 0 Å². The van der Waals surface area contributed by atoms with Crippen LogP contribution in [-0.2, 0) is 42.9 Å². The van der Waals surface area contributed by atoms with E-state index >= 15 is 0 Å². The average molecular weight is 465 g/mol. The van der Waals surface area contributed by atoms with Gasteiger partial charge in [0.05, 0.1) is 17.4 Å². The minimum atomic E-state index is -1.52. The first-order valence-corrected chi connectivity index (χ1v) is 12.0. The van der Waals surface area contributed by atoms with Crippen LogP contribution >= 0.6 is 0 Å². The average Bonchev–Trinajstić information content (AvgIpc) is 3.35. The fourth-order valence-electron chi connectivity index (χ4n) is 7.96. The van der Waals surface area contributed by atoms with E-state index < -0.39 is 64.8 Å². The van der Waals surface area contributed by atoms with Gasteiger partial charge in [0.15, 0.2) is 11.7 Å². The Hall–Kier alpha value is -2.00. The molecule has 5 rings (SSSR count). The van der Waals surface area contributed by atoms with E-state index in [1.54, 1.807) is 6.92 Å². The number of hydrogen-bond donors (Lipinski definition) is 0. The predicted octanol–water partition coefficient (Wildman–Crippen LogP) is 1.94. The van der Waals surface area contributed by atoms with E-state index in [1.165, 1.54) is 0 Å².